The number of likely N-dealkylation sites (tertiary alicyclic amines) is 1. The Labute approximate surface area is 110 Å². The Bertz CT molecular complexity index is 297. The number of hydrogen-bond donors (Lipinski definition) is 2. The van der Waals surface area contributed by atoms with Gasteiger partial charge in [-0.15, -0.1) is 0 Å². The van der Waals surface area contributed by atoms with E-state index >= 15 is 0 Å². The summed E-state index contributed by atoms with van der Waals surface area (Å²) in [6, 6.07) is 0.681. The largest absolute Gasteiger partial charge is 0.387 e. The molecule has 1 heterocycles. The van der Waals surface area contributed by atoms with Gasteiger partial charge in [-0.25, -0.2) is 0 Å². The SMILES string of the molecule is COC1CCCC(N2CCC(C)(C(=N)N)CC2)C1. The van der Waals surface area contributed by atoms with E-state index in [-0.39, 0.29) is 5.41 Å². The summed E-state index contributed by atoms with van der Waals surface area (Å²) in [6.07, 6.45) is 7.47. The molecule has 0 amide bonds. The molecule has 18 heavy (non-hydrogen) atoms. The molecule has 2 fully saturated rings. The molecule has 0 aromatic carbocycles. The van der Waals surface area contributed by atoms with Crippen molar-refractivity contribution in [2.45, 2.75) is 57.6 Å². The third-order valence-electron chi connectivity index (χ3n) is 5.00. The van der Waals surface area contributed by atoms with Crippen LogP contribution < -0.4 is 5.73 Å². The molecule has 0 spiro atoms. The van der Waals surface area contributed by atoms with Crippen molar-refractivity contribution in [3.8, 4) is 0 Å². The Morgan fingerprint density at radius 2 is 2.00 bits per heavy atom. The summed E-state index contributed by atoms with van der Waals surface area (Å²) < 4.78 is 5.51. The molecule has 1 saturated carbocycles. The number of rotatable bonds is 3. The Kier molecular flexibility index (Phi) is 4.28. The van der Waals surface area contributed by atoms with Crippen molar-refractivity contribution >= 4 is 5.84 Å². The van der Waals surface area contributed by atoms with Crippen LogP contribution in [0.5, 0.6) is 0 Å². The number of hydrogen-bond acceptors (Lipinski definition) is 3. The van der Waals surface area contributed by atoms with E-state index in [0.29, 0.717) is 18.0 Å². The highest BCUT2D eigenvalue weighted by molar-refractivity contribution is 5.83. The van der Waals surface area contributed by atoms with Gasteiger partial charge in [0, 0.05) is 18.6 Å². The first-order valence-corrected chi connectivity index (χ1v) is 7.16. The second-order valence-corrected chi connectivity index (χ2v) is 6.19. The Hall–Kier alpha value is -0.610. The molecule has 1 aliphatic carbocycles. The fourth-order valence-corrected chi connectivity index (χ4v) is 3.32. The van der Waals surface area contributed by atoms with Crippen molar-refractivity contribution < 1.29 is 4.74 Å². The molecular formula is C14H27N3O. The van der Waals surface area contributed by atoms with Crippen molar-refractivity contribution in [2.24, 2.45) is 11.1 Å². The van der Waals surface area contributed by atoms with E-state index in [1.165, 1.54) is 25.7 Å². The van der Waals surface area contributed by atoms with Gasteiger partial charge in [0.15, 0.2) is 0 Å². The van der Waals surface area contributed by atoms with Crippen molar-refractivity contribution in [1.29, 1.82) is 5.41 Å². The molecule has 2 rings (SSSR count). The van der Waals surface area contributed by atoms with Crippen molar-refractivity contribution in [3.05, 3.63) is 0 Å². The van der Waals surface area contributed by atoms with Crippen LogP contribution in [0.3, 0.4) is 0 Å². The Morgan fingerprint density at radius 3 is 2.56 bits per heavy atom. The molecule has 2 aliphatic rings. The van der Waals surface area contributed by atoms with Gasteiger partial charge in [-0.05, 0) is 51.6 Å². The fraction of sp³-hybridized carbons (Fsp3) is 0.929. The normalized spacial score (nSPS) is 33.2. The number of nitrogens with zero attached hydrogens (tertiary/aromatic N) is 1. The van der Waals surface area contributed by atoms with E-state index in [1.54, 1.807) is 0 Å². The number of nitrogens with one attached hydrogen (secondary N) is 1. The number of amidine groups is 1. The molecule has 0 bridgehead atoms. The van der Waals surface area contributed by atoms with E-state index in [2.05, 4.69) is 11.8 Å². The number of piperidine rings is 1. The summed E-state index contributed by atoms with van der Waals surface area (Å²) in [4.78, 5) is 2.59. The lowest BCUT2D eigenvalue weighted by molar-refractivity contribution is 0.0146. The lowest BCUT2D eigenvalue weighted by Crippen LogP contribution is -2.50. The van der Waals surface area contributed by atoms with Crippen LogP contribution in [0.25, 0.3) is 0 Å². The minimum Gasteiger partial charge on any atom is -0.387 e. The van der Waals surface area contributed by atoms with E-state index in [9.17, 15) is 0 Å². The van der Waals surface area contributed by atoms with Gasteiger partial charge in [0.2, 0.25) is 0 Å². The summed E-state index contributed by atoms with van der Waals surface area (Å²) in [7, 11) is 1.83. The van der Waals surface area contributed by atoms with Gasteiger partial charge in [-0.2, -0.15) is 0 Å². The Balaban J connectivity index is 1.87. The summed E-state index contributed by atoms with van der Waals surface area (Å²) >= 11 is 0. The maximum atomic E-state index is 7.70. The molecule has 4 heteroatoms. The molecule has 3 N–H and O–H groups in total. The van der Waals surface area contributed by atoms with E-state index in [1.807, 2.05) is 7.11 Å². The van der Waals surface area contributed by atoms with Crippen LogP contribution in [0.4, 0.5) is 0 Å². The molecule has 0 radical (unpaired) electrons. The quantitative estimate of drug-likeness (QED) is 0.597. The predicted molar refractivity (Wildman–Crippen MR) is 73.9 cm³/mol. The minimum atomic E-state index is -0.0637. The average molecular weight is 253 g/mol. The van der Waals surface area contributed by atoms with Crippen LogP contribution in [0.2, 0.25) is 0 Å². The van der Waals surface area contributed by atoms with E-state index < -0.39 is 0 Å². The number of methoxy groups -OCH3 is 1. The summed E-state index contributed by atoms with van der Waals surface area (Å²) in [5, 5.41) is 7.70. The molecule has 1 aliphatic heterocycles. The predicted octanol–water partition coefficient (Wildman–Crippen LogP) is 1.98. The van der Waals surface area contributed by atoms with Gasteiger partial charge in [0.05, 0.1) is 11.9 Å². The van der Waals surface area contributed by atoms with Crippen LogP contribution in [-0.4, -0.2) is 43.1 Å². The van der Waals surface area contributed by atoms with Gasteiger partial charge in [-0.3, -0.25) is 5.41 Å². The van der Waals surface area contributed by atoms with Gasteiger partial charge in [0.1, 0.15) is 0 Å². The van der Waals surface area contributed by atoms with Crippen molar-refractivity contribution in [2.75, 3.05) is 20.2 Å². The first kappa shape index (κ1) is 13.8. The second-order valence-electron chi connectivity index (χ2n) is 6.19. The van der Waals surface area contributed by atoms with Crippen LogP contribution in [0, 0.1) is 10.8 Å². The highest BCUT2D eigenvalue weighted by atomic mass is 16.5. The standard InChI is InChI=1S/C14H27N3O/c1-14(13(15)16)6-8-17(9-7-14)11-4-3-5-12(10-11)18-2/h11-12H,3-10H2,1-2H3,(H3,15,16). The summed E-state index contributed by atoms with van der Waals surface area (Å²) in [5.41, 5.74) is 5.65. The Morgan fingerprint density at radius 1 is 1.33 bits per heavy atom. The van der Waals surface area contributed by atoms with Crippen LogP contribution >= 0.6 is 0 Å². The number of nitrogens with two attached hydrogens (primary N) is 1. The second kappa shape index (κ2) is 5.57. The monoisotopic (exact) mass is 253 g/mol. The van der Waals surface area contributed by atoms with Gasteiger partial charge in [-0.1, -0.05) is 6.92 Å². The molecule has 1 saturated heterocycles. The van der Waals surface area contributed by atoms with Crippen LogP contribution in [0.1, 0.15) is 45.4 Å². The molecule has 104 valence electrons. The first-order valence-electron chi connectivity index (χ1n) is 7.16. The maximum absolute atomic E-state index is 7.70. The molecule has 0 aromatic heterocycles. The van der Waals surface area contributed by atoms with Crippen molar-refractivity contribution in [3.63, 3.8) is 0 Å². The highest BCUT2D eigenvalue weighted by Crippen LogP contribution is 2.34. The first-order chi connectivity index (χ1) is 8.55. The minimum absolute atomic E-state index is 0.0637. The third kappa shape index (κ3) is 2.86. The van der Waals surface area contributed by atoms with Crippen LogP contribution in [-0.2, 0) is 4.74 Å². The van der Waals surface area contributed by atoms with Gasteiger partial charge in [0.25, 0.3) is 0 Å². The van der Waals surface area contributed by atoms with E-state index in [4.69, 9.17) is 15.9 Å². The zero-order valence-electron chi connectivity index (χ0n) is 11.7. The third-order valence-corrected chi connectivity index (χ3v) is 5.00. The van der Waals surface area contributed by atoms with E-state index in [0.717, 1.165) is 25.9 Å². The lowest BCUT2D eigenvalue weighted by atomic mass is 9.78. The summed E-state index contributed by atoms with van der Waals surface area (Å²) in [5.74, 6) is 0.362. The fourth-order valence-electron chi connectivity index (χ4n) is 3.32. The van der Waals surface area contributed by atoms with Gasteiger partial charge < -0.3 is 15.4 Å². The molecule has 2 atom stereocenters. The van der Waals surface area contributed by atoms with Gasteiger partial charge >= 0.3 is 0 Å². The lowest BCUT2D eigenvalue weighted by Gasteiger charge is -2.44. The molecule has 0 aromatic rings. The van der Waals surface area contributed by atoms with Crippen molar-refractivity contribution in [1.82, 2.24) is 4.90 Å². The molecule has 4 nitrogen and oxygen atoms in total. The topological polar surface area (TPSA) is 62.3 Å². The zero-order valence-corrected chi connectivity index (χ0v) is 11.7. The average Bonchev–Trinajstić information content (AvgIpc) is 2.39. The maximum Gasteiger partial charge on any atom is 0.0966 e. The summed E-state index contributed by atoms with van der Waals surface area (Å²) in [6.45, 7) is 4.29. The molecular weight excluding hydrogens is 226 g/mol. The molecule has 2 unspecified atom stereocenters. The van der Waals surface area contributed by atoms with Crippen LogP contribution in [0.15, 0.2) is 0 Å². The number of ether oxygens (including phenoxy) is 1. The zero-order chi connectivity index (χ0) is 13.2. The highest BCUT2D eigenvalue weighted by Gasteiger charge is 2.36. The smallest absolute Gasteiger partial charge is 0.0966 e.